The van der Waals surface area contributed by atoms with E-state index in [9.17, 15) is 15.1 Å². The van der Waals surface area contributed by atoms with Gasteiger partial charge >= 0.3 is 0 Å². The summed E-state index contributed by atoms with van der Waals surface area (Å²) in [5.41, 5.74) is 2.42. The first-order valence-corrected chi connectivity index (χ1v) is 18.7. The highest BCUT2D eigenvalue weighted by atomic mass is 14.4. The summed E-state index contributed by atoms with van der Waals surface area (Å²) >= 11 is 0. The van der Waals surface area contributed by atoms with Crippen LogP contribution in [0.3, 0.4) is 0 Å². The van der Waals surface area contributed by atoms with Crippen LogP contribution in [-0.2, 0) is 11.8 Å². The Morgan fingerprint density at radius 2 is 1.04 bits per heavy atom. The molecule has 0 radical (unpaired) electrons. The fourth-order valence-corrected chi connectivity index (χ4v) is 9.17. The zero-order chi connectivity index (χ0) is 57.1. The second-order valence-electron chi connectivity index (χ2n) is 15.5. The number of benzene rings is 8. The van der Waals surface area contributed by atoms with E-state index in [2.05, 4.69) is 0 Å². The van der Waals surface area contributed by atoms with Gasteiger partial charge < -0.3 is 0 Å². The highest BCUT2D eigenvalue weighted by Gasteiger charge is 2.38. The van der Waals surface area contributed by atoms with E-state index in [-0.39, 0.29) is 80.8 Å². The van der Waals surface area contributed by atoms with Gasteiger partial charge in [0.2, 0.25) is 0 Å². The first kappa shape index (κ1) is 18.9. The Labute approximate surface area is 362 Å². The van der Waals surface area contributed by atoms with Gasteiger partial charge in [0.1, 0.15) is 0 Å². The third-order valence-electron chi connectivity index (χ3n) is 12.2. The van der Waals surface area contributed by atoms with Crippen LogP contribution in [0.4, 0.5) is 0 Å². The van der Waals surface area contributed by atoms with Gasteiger partial charge in [0, 0.05) is 9.53 Å². The lowest BCUT2D eigenvalue weighted by atomic mass is 9.79. The summed E-state index contributed by atoms with van der Waals surface area (Å²) in [6.07, 6.45) is 0.182. The quantitative estimate of drug-likeness (QED) is 0.158. The molecule has 0 fully saturated rings. The van der Waals surface area contributed by atoms with Crippen LogP contribution < -0.4 is 0 Å². The topological polar surface area (TPSA) is 0 Å². The van der Waals surface area contributed by atoms with Crippen LogP contribution in [0.2, 0.25) is 0 Å². The van der Waals surface area contributed by atoms with E-state index in [0.29, 0.717) is 72.3 Å². The minimum absolute atomic E-state index is 0.00420. The maximum atomic E-state index is 9.97. The lowest BCUT2D eigenvalue weighted by molar-refractivity contribution is 0.659. The number of rotatable bonds is 3. The molecule has 8 aromatic rings. The molecule has 2 aliphatic carbocycles. The van der Waals surface area contributed by atoms with E-state index in [1.807, 2.05) is 0 Å². The Hall–Kier alpha value is -5.72. The summed E-state index contributed by atoms with van der Waals surface area (Å²) in [7, 11) is 0. The first-order chi connectivity index (χ1) is 35.7. The Kier molecular flexibility index (Phi) is 4.11. The van der Waals surface area contributed by atoms with Crippen molar-refractivity contribution in [2.24, 2.45) is 0 Å². The van der Waals surface area contributed by atoms with Gasteiger partial charge in [0.05, 0.1) is 24.7 Å². The third-order valence-corrected chi connectivity index (χ3v) is 12.2. The molecule has 274 valence electrons. The van der Waals surface area contributed by atoms with Crippen molar-refractivity contribution >= 4 is 21.5 Å². The van der Waals surface area contributed by atoms with E-state index < -0.39 is 118 Å². The predicted octanol–water partition coefficient (Wildman–Crippen LogP) is 15.3. The van der Waals surface area contributed by atoms with Gasteiger partial charge in [-0.15, -0.1) is 0 Å². The molecule has 0 saturated heterocycles. The van der Waals surface area contributed by atoms with Gasteiger partial charge in [0.25, 0.3) is 0 Å². The molecule has 10 rings (SSSR count). The standard InChI is InChI=1S/C56H50/c1-30-25-32(3)44-28-45-33(4)27-34(5)50(55(45)47(44)26-30)54-42-17-13-11-15-40(42)53(41-16-12-14-18-43(41)54)39-22-20-38(21-23-39)46-29-49-52(37(8)36(46)7)51-35(6)31(2)19-24-48(51)56(49,9)10/h11-27,29H,28H2,1-10H3/i9D3,11D,12D,13D,14D,15D,16D,17D,18D,19D,20D,21D,22D,23D,24D,25D,26D,27D,29D. The zero-order valence-electron chi connectivity index (χ0n) is 53.7. The van der Waals surface area contributed by atoms with Crippen molar-refractivity contribution in [3.05, 3.63) is 176 Å². The summed E-state index contributed by atoms with van der Waals surface area (Å²) in [5, 5.41) is -1.47. The fourth-order valence-electron chi connectivity index (χ4n) is 9.17. The lowest BCUT2D eigenvalue weighted by Gasteiger charge is -2.24. The molecule has 0 aliphatic heterocycles. The smallest absolute Gasteiger partial charge is 0.0616 e. The average molecular weight is 744 g/mol. The van der Waals surface area contributed by atoms with Gasteiger partial charge in [-0.3, -0.25) is 0 Å². The third kappa shape index (κ3) is 4.72. The van der Waals surface area contributed by atoms with Crippen LogP contribution in [0.5, 0.6) is 0 Å². The second-order valence-corrected chi connectivity index (χ2v) is 15.5. The van der Waals surface area contributed by atoms with Crippen molar-refractivity contribution in [2.75, 3.05) is 0 Å². The van der Waals surface area contributed by atoms with Crippen LogP contribution in [-0.4, -0.2) is 0 Å². The Bertz CT molecular complexity index is 4070. The molecule has 0 spiro atoms. The maximum Gasteiger partial charge on any atom is 0.0633 e. The summed E-state index contributed by atoms with van der Waals surface area (Å²) < 4.78 is 197. The molecular weight excluding hydrogens is 673 g/mol. The van der Waals surface area contributed by atoms with Crippen molar-refractivity contribution in [1.82, 2.24) is 0 Å². The molecule has 1 atom stereocenters. The fraction of sp³-hybridized carbons (Fsp3) is 0.214. The van der Waals surface area contributed by atoms with E-state index in [4.69, 9.17) is 13.7 Å². The highest BCUT2D eigenvalue weighted by molar-refractivity contribution is 6.23. The van der Waals surface area contributed by atoms with Crippen LogP contribution >= 0.6 is 0 Å². The summed E-state index contributed by atoms with van der Waals surface area (Å²) in [5.74, 6) is 0. The monoisotopic (exact) mass is 744 g/mol. The Morgan fingerprint density at radius 1 is 0.446 bits per heavy atom. The van der Waals surface area contributed by atoms with Crippen LogP contribution in [0, 0.1) is 55.4 Å². The van der Waals surface area contributed by atoms with Crippen molar-refractivity contribution in [3.8, 4) is 55.6 Å². The molecule has 0 heteroatoms. The van der Waals surface area contributed by atoms with Crippen molar-refractivity contribution in [3.63, 3.8) is 0 Å². The van der Waals surface area contributed by atoms with E-state index in [1.165, 1.54) is 6.92 Å². The van der Waals surface area contributed by atoms with Gasteiger partial charge in [-0.1, -0.05) is 122 Å². The minimum Gasteiger partial charge on any atom is -0.0616 e. The summed E-state index contributed by atoms with van der Waals surface area (Å²) in [6, 6.07) is -9.89. The number of hydrogen-bond donors (Lipinski definition) is 0. The maximum absolute atomic E-state index is 9.97. The predicted molar refractivity (Wildman–Crippen MR) is 241 cm³/mol. The molecule has 0 aromatic heterocycles. The van der Waals surface area contributed by atoms with E-state index >= 15 is 0 Å². The van der Waals surface area contributed by atoms with Crippen LogP contribution in [0.1, 0.15) is 109 Å². The normalized spacial score (nSPS) is 20.8. The Balaban J connectivity index is 1.41. The lowest BCUT2D eigenvalue weighted by Crippen LogP contribution is -2.15. The molecule has 0 amide bonds. The Morgan fingerprint density at radius 3 is 1.68 bits per heavy atom. The average Bonchev–Trinajstić information content (AvgIpc) is 3.95. The second kappa shape index (κ2) is 12.1. The molecular formula is C56H50. The molecule has 0 bridgehead atoms. The first-order valence-electron chi connectivity index (χ1n) is 29.2. The molecule has 56 heavy (non-hydrogen) atoms. The van der Waals surface area contributed by atoms with Crippen LogP contribution in [0.15, 0.2) is 109 Å². The molecule has 8 aromatic carbocycles. The SMILES string of the molecule is [2H]c1c([2H])c2c(c(C)c1C)-c1c(C)c(C)c(-c3c([2H])c([2H])c(-c4c5c([2H])c([2H])c([2H])c([2H])c5c(-c5c(C)c([2H])c(C)c6c5-c5c([2H])c(C)c([2H])c(C)c5C6)c5c([2H])c([2H])c([2H])c([2H])c45)c([2H])c3[2H])c([2H])c1C2(C)C([2H])([2H])[2H]. The molecule has 1 unspecified atom stereocenters. The van der Waals surface area contributed by atoms with Gasteiger partial charge in [0.15, 0.2) is 0 Å². The van der Waals surface area contributed by atoms with Gasteiger partial charge in [-0.2, -0.15) is 0 Å². The van der Waals surface area contributed by atoms with E-state index in [1.54, 1.807) is 55.4 Å². The minimum atomic E-state index is -2.92. The van der Waals surface area contributed by atoms with E-state index in [0.717, 1.165) is 0 Å². The highest BCUT2D eigenvalue weighted by Crippen LogP contribution is 2.55. The van der Waals surface area contributed by atoms with Gasteiger partial charge in [-0.05, 0) is 206 Å². The van der Waals surface area contributed by atoms with Gasteiger partial charge in [-0.25, -0.2) is 0 Å². The number of hydrogen-bond acceptors (Lipinski definition) is 0. The van der Waals surface area contributed by atoms with Crippen LogP contribution in [0.25, 0.3) is 77.2 Å². The molecule has 0 saturated carbocycles. The largest absolute Gasteiger partial charge is 0.0633 e. The molecule has 0 N–H and O–H groups in total. The molecule has 0 heterocycles. The zero-order valence-corrected chi connectivity index (χ0v) is 32.7. The number of fused-ring (bicyclic) bond motifs is 8. The van der Waals surface area contributed by atoms with Crippen molar-refractivity contribution in [2.45, 2.75) is 81.0 Å². The molecule has 0 nitrogen and oxygen atoms in total. The summed E-state index contributed by atoms with van der Waals surface area (Å²) in [4.78, 5) is 0. The van der Waals surface area contributed by atoms with Crippen molar-refractivity contribution < 1.29 is 28.8 Å². The van der Waals surface area contributed by atoms with Crippen molar-refractivity contribution in [1.29, 1.82) is 0 Å². The molecule has 2 aliphatic rings. The summed E-state index contributed by atoms with van der Waals surface area (Å²) in [6.45, 7) is 11.9.